The van der Waals surface area contributed by atoms with Crippen LogP contribution in [-0.4, -0.2) is 38.0 Å². The molecule has 0 N–H and O–H groups in total. The van der Waals surface area contributed by atoms with Crippen molar-refractivity contribution in [2.75, 3.05) is 13.1 Å². The van der Waals surface area contributed by atoms with Gasteiger partial charge in [-0.3, -0.25) is 9.58 Å². The first kappa shape index (κ1) is 11.8. The SMILES string of the molecule is Cc1cnn(C2CCN(Cc3nnc(C)s3)C2)c1. The molecule has 3 heterocycles. The van der Waals surface area contributed by atoms with Gasteiger partial charge in [0.05, 0.1) is 18.8 Å². The van der Waals surface area contributed by atoms with Crippen LogP contribution < -0.4 is 0 Å². The molecule has 0 bridgehead atoms. The molecule has 1 saturated heterocycles. The van der Waals surface area contributed by atoms with Crippen molar-refractivity contribution in [3.8, 4) is 0 Å². The molecule has 1 aliphatic heterocycles. The van der Waals surface area contributed by atoms with Gasteiger partial charge in [-0.2, -0.15) is 5.10 Å². The largest absolute Gasteiger partial charge is 0.294 e. The number of hydrogen-bond donors (Lipinski definition) is 0. The van der Waals surface area contributed by atoms with Crippen LogP contribution in [0.15, 0.2) is 12.4 Å². The van der Waals surface area contributed by atoms with Gasteiger partial charge in [-0.1, -0.05) is 0 Å². The zero-order valence-corrected chi connectivity index (χ0v) is 11.5. The summed E-state index contributed by atoms with van der Waals surface area (Å²) in [5.74, 6) is 0. The van der Waals surface area contributed by atoms with Crippen LogP contribution in [0.2, 0.25) is 0 Å². The Labute approximate surface area is 110 Å². The van der Waals surface area contributed by atoms with Crippen molar-refractivity contribution < 1.29 is 0 Å². The fourth-order valence-electron chi connectivity index (χ4n) is 2.40. The van der Waals surface area contributed by atoms with Crippen molar-refractivity contribution in [2.45, 2.75) is 32.9 Å². The Morgan fingerprint density at radius 1 is 1.39 bits per heavy atom. The Balaban J connectivity index is 1.61. The molecule has 1 aliphatic rings. The van der Waals surface area contributed by atoms with E-state index in [1.54, 1.807) is 11.3 Å². The van der Waals surface area contributed by atoms with Gasteiger partial charge in [-0.15, -0.1) is 21.5 Å². The Morgan fingerprint density at radius 3 is 2.94 bits per heavy atom. The maximum Gasteiger partial charge on any atom is 0.131 e. The number of aromatic nitrogens is 4. The molecule has 6 heteroatoms. The van der Waals surface area contributed by atoms with Gasteiger partial charge in [-0.25, -0.2) is 0 Å². The van der Waals surface area contributed by atoms with Crippen LogP contribution in [0.4, 0.5) is 0 Å². The summed E-state index contributed by atoms with van der Waals surface area (Å²) in [4.78, 5) is 2.43. The fourth-order valence-corrected chi connectivity index (χ4v) is 3.15. The molecule has 5 nitrogen and oxygen atoms in total. The number of aryl methyl sites for hydroxylation is 2. The Morgan fingerprint density at radius 2 is 2.28 bits per heavy atom. The monoisotopic (exact) mass is 263 g/mol. The van der Waals surface area contributed by atoms with Crippen molar-refractivity contribution in [2.24, 2.45) is 0 Å². The van der Waals surface area contributed by atoms with Gasteiger partial charge in [0.15, 0.2) is 0 Å². The van der Waals surface area contributed by atoms with Crippen molar-refractivity contribution in [3.05, 3.63) is 28.0 Å². The third-order valence-corrected chi connectivity index (χ3v) is 4.10. The molecule has 1 atom stereocenters. The first-order chi connectivity index (χ1) is 8.70. The number of hydrogen-bond acceptors (Lipinski definition) is 5. The molecule has 1 unspecified atom stereocenters. The first-order valence-corrected chi connectivity index (χ1v) is 7.04. The second kappa shape index (κ2) is 4.78. The predicted octanol–water partition coefficient (Wildman–Crippen LogP) is 1.80. The highest BCUT2D eigenvalue weighted by atomic mass is 32.1. The highest BCUT2D eigenvalue weighted by molar-refractivity contribution is 7.11. The minimum absolute atomic E-state index is 0.507. The fraction of sp³-hybridized carbons (Fsp3) is 0.583. The average Bonchev–Trinajstić information content (AvgIpc) is 3.01. The second-order valence-corrected chi connectivity index (χ2v) is 6.16. The summed E-state index contributed by atoms with van der Waals surface area (Å²) in [6.07, 6.45) is 5.22. The topological polar surface area (TPSA) is 46.8 Å². The molecule has 0 saturated carbocycles. The normalized spacial score (nSPS) is 20.7. The molecule has 3 rings (SSSR count). The summed E-state index contributed by atoms with van der Waals surface area (Å²) in [7, 11) is 0. The molecule has 0 amide bonds. The van der Waals surface area contributed by atoms with E-state index in [0.29, 0.717) is 6.04 Å². The summed E-state index contributed by atoms with van der Waals surface area (Å²) in [6, 6.07) is 0.507. The average molecular weight is 263 g/mol. The zero-order valence-electron chi connectivity index (χ0n) is 10.7. The molecule has 2 aromatic heterocycles. The van der Waals surface area contributed by atoms with E-state index in [0.717, 1.165) is 29.6 Å². The Bertz CT molecular complexity index is 532. The molecule has 18 heavy (non-hydrogen) atoms. The van der Waals surface area contributed by atoms with Gasteiger partial charge >= 0.3 is 0 Å². The first-order valence-electron chi connectivity index (χ1n) is 6.23. The summed E-state index contributed by atoms with van der Waals surface area (Å²) in [6.45, 7) is 7.17. The maximum absolute atomic E-state index is 4.41. The molecular formula is C12H17N5S. The second-order valence-electron chi connectivity index (χ2n) is 4.89. The summed E-state index contributed by atoms with van der Waals surface area (Å²) >= 11 is 1.69. The summed E-state index contributed by atoms with van der Waals surface area (Å²) in [5, 5.41) is 14.8. The van der Waals surface area contributed by atoms with E-state index >= 15 is 0 Å². The van der Waals surface area contributed by atoms with E-state index in [4.69, 9.17) is 0 Å². The van der Waals surface area contributed by atoms with E-state index in [9.17, 15) is 0 Å². The molecule has 0 spiro atoms. The quantitative estimate of drug-likeness (QED) is 0.847. The lowest BCUT2D eigenvalue weighted by molar-refractivity contribution is 0.310. The number of likely N-dealkylation sites (tertiary alicyclic amines) is 1. The minimum Gasteiger partial charge on any atom is -0.294 e. The van der Waals surface area contributed by atoms with Gasteiger partial charge in [0.25, 0.3) is 0 Å². The molecule has 2 aromatic rings. The van der Waals surface area contributed by atoms with Crippen molar-refractivity contribution >= 4 is 11.3 Å². The standard InChI is InChI=1S/C12H17N5S/c1-9-5-13-17(6-9)11-3-4-16(7-11)8-12-15-14-10(2)18-12/h5-6,11H,3-4,7-8H2,1-2H3. The van der Waals surface area contributed by atoms with E-state index in [1.165, 1.54) is 12.0 Å². The minimum atomic E-state index is 0.507. The molecule has 96 valence electrons. The van der Waals surface area contributed by atoms with Crippen LogP contribution in [0.5, 0.6) is 0 Å². The molecular weight excluding hydrogens is 246 g/mol. The Kier molecular flexibility index (Phi) is 3.13. The summed E-state index contributed by atoms with van der Waals surface area (Å²) in [5.41, 5.74) is 1.23. The van der Waals surface area contributed by atoms with Gasteiger partial charge in [0, 0.05) is 19.3 Å². The van der Waals surface area contributed by atoms with Crippen molar-refractivity contribution in [1.29, 1.82) is 0 Å². The zero-order chi connectivity index (χ0) is 12.5. The van der Waals surface area contributed by atoms with Gasteiger partial charge in [0.1, 0.15) is 10.0 Å². The van der Waals surface area contributed by atoms with E-state index in [-0.39, 0.29) is 0 Å². The van der Waals surface area contributed by atoms with Crippen LogP contribution in [0.1, 0.15) is 28.0 Å². The van der Waals surface area contributed by atoms with Crippen LogP contribution in [0, 0.1) is 13.8 Å². The van der Waals surface area contributed by atoms with Crippen LogP contribution in [0.3, 0.4) is 0 Å². The molecule has 1 fully saturated rings. The predicted molar refractivity (Wildman–Crippen MR) is 70.5 cm³/mol. The van der Waals surface area contributed by atoms with E-state index < -0.39 is 0 Å². The van der Waals surface area contributed by atoms with Crippen LogP contribution >= 0.6 is 11.3 Å². The molecule has 0 aliphatic carbocycles. The smallest absolute Gasteiger partial charge is 0.131 e. The van der Waals surface area contributed by atoms with Crippen LogP contribution in [-0.2, 0) is 6.54 Å². The number of rotatable bonds is 3. The van der Waals surface area contributed by atoms with Crippen LogP contribution in [0.25, 0.3) is 0 Å². The van der Waals surface area contributed by atoms with Gasteiger partial charge < -0.3 is 0 Å². The van der Waals surface area contributed by atoms with E-state index in [2.05, 4.69) is 38.0 Å². The van der Waals surface area contributed by atoms with Gasteiger partial charge in [0.2, 0.25) is 0 Å². The maximum atomic E-state index is 4.41. The highest BCUT2D eigenvalue weighted by Crippen LogP contribution is 2.23. The van der Waals surface area contributed by atoms with Gasteiger partial charge in [-0.05, 0) is 25.8 Å². The lowest BCUT2D eigenvalue weighted by atomic mass is 10.3. The molecule has 0 aromatic carbocycles. The van der Waals surface area contributed by atoms with E-state index in [1.807, 2.05) is 13.1 Å². The summed E-state index contributed by atoms with van der Waals surface area (Å²) < 4.78 is 2.10. The number of nitrogens with zero attached hydrogens (tertiary/aromatic N) is 5. The third-order valence-electron chi connectivity index (χ3n) is 3.28. The highest BCUT2D eigenvalue weighted by Gasteiger charge is 2.25. The van der Waals surface area contributed by atoms with Crippen molar-refractivity contribution in [3.63, 3.8) is 0 Å². The van der Waals surface area contributed by atoms with Crippen molar-refractivity contribution in [1.82, 2.24) is 24.9 Å². The molecule has 0 radical (unpaired) electrons. The lowest BCUT2D eigenvalue weighted by Crippen LogP contribution is -2.21. The lowest BCUT2D eigenvalue weighted by Gasteiger charge is -2.14. The third kappa shape index (κ3) is 2.44. The Hall–Kier alpha value is -1.27.